The Morgan fingerprint density at radius 3 is 2.43 bits per heavy atom. The van der Waals surface area contributed by atoms with E-state index >= 15 is 0 Å². The number of hydrogen-bond acceptors (Lipinski definition) is 6. The molecule has 0 unspecified atom stereocenters. The van der Waals surface area contributed by atoms with E-state index in [0.29, 0.717) is 12.6 Å². The lowest BCUT2D eigenvalue weighted by atomic mass is 9.84. The number of nitrogens with zero attached hydrogens (tertiary/aromatic N) is 4. The molecule has 7 heteroatoms. The molecule has 1 amide bonds. The van der Waals surface area contributed by atoms with E-state index in [2.05, 4.69) is 42.0 Å². The SMILES string of the molecule is COCc1cc(N2CCN(CC[C@H]3CC[C@H](NC=O)CC3)CC2)nc(C(C)(C)C)n1. The van der Waals surface area contributed by atoms with E-state index in [9.17, 15) is 4.79 Å². The van der Waals surface area contributed by atoms with Gasteiger partial charge in [0.15, 0.2) is 0 Å². The number of anilines is 1. The van der Waals surface area contributed by atoms with Gasteiger partial charge in [-0.05, 0) is 44.6 Å². The molecule has 2 fully saturated rings. The van der Waals surface area contributed by atoms with Gasteiger partial charge in [0, 0.05) is 50.8 Å². The molecule has 1 saturated carbocycles. The summed E-state index contributed by atoms with van der Waals surface area (Å²) in [7, 11) is 1.71. The van der Waals surface area contributed by atoms with Crippen LogP contribution in [0.5, 0.6) is 0 Å². The van der Waals surface area contributed by atoms with Crippen molar-refractivity contribution < 1.29 is 9.53 Å². The number of carbonyl (C=O) groups excluding carboxylic acids is 1. The summed E-state index contributed by atoms with van der Waals surface area (Å²) in [6.45, 7) is 12.3. The quantitative estimate of drug-likeness (QED) is 0.656. The number of amides is 1. The molecule has 1 aromatic rings. The van der Waals surface area contributed by atoms with Crippen molar-refractivity contribution in [1.29, 1.82) is 0 Å². The summed E-state index contributed by atoms with van der Waals surface area (Å²) in [6, 6.07) is 2.48. The average molecular weight is 418 g/mol. The van der Waals surface area contributed by atoms with Crippen molar-refractivity contribution in [3.63, 3.8) is 0 Å². The molecule has 1 N–H and O–H groups in total. The van der Waals surface area contributed by atoms with E-state index < -0.39 is 0 Å². The Bertz CT molecular complexity index is 675. The van der Waals surface area contributed by atoms with Crippen LogP contribution in [0.1, 0.15) is 64.4 Å². The lowest BCUT2D eigenvalue weighted by Crippen LogP contribution is -2.47. The number of nitrogens with one attached hydrogen (secondary N) is 1. The first-order valence-corrected chi connectivity index (χ1v) is 11.4. The molecule has 1 aliphatic carbocycles. The smallest absolute Gasteiger partial charge is 0.207 e. The third-order valence-corrected chi connectivity index (χ3v) is 6.43. The molecule has 0 atom stereocenters. The fraction of sp³-hybridized carbons (Fsp3) is 0.783. The maximum Gasteiger partial charge on any atom is 0.207 e. The predicted molar refractivity (Wildman–Crippen MR) is 120 cm³/mol. The fourth-order valence-corrected chi connectivity index (χ4v) is 4.48. The zero-order valence-corrected chi connectivity index (χ0v) is 19.2. The third kappa shape index (κ3) is 6.38. The van der Waals surface area contributed by atoms with Crippen LogP contribution < -0.4 is 10.2 Å². The van der Waals surface area contributed by atoms with Crippen LogP contribution >= 0.6 is 0 Å². The van der Waals surface area contributed by atoms with Crippen molar-refractivity contribution in [3.8, 4) is 0 Å². The van der Waals surface area contributed by atoms with Crippen LogP contribution in [0, 0.1) is 5.92 Å². The number of rotatable bonds is 8. The van der Waals surface area contributed by atoms with E-state index in [1.165, 1.54) is 25.8 Å². The molecule has 30 heavy (non-hydrogen) atoms. The van der Waals surface area contributed by atoms with Crippen LogP contribution in [0.15, 0.2) is 6.07 Å². The Hall–Kier alpha value is -1.73. The number of ether oxygens (including phenoxy) is 1. The van der Waals surface area contributed by atoms with Crippen molar-refractivity contribution >= 4 is 12.2 Å². The highest BCUT2D eigenvalue weighted by molar-refractivity contribution is 5.46. The van der Waals surface area contributed by atoms with E-state index in [-0.39, 0.29) is 5.41 Å². The van der Waals surface area contributed by atoms with Crippen molar-refractivity contribution in [2.45, 2.75) is 70.9 Å². The molecule has 0 bridgehead atoms. The van der Waals surface area contributed by atoms with Gasteiger partial charge in [0.05, 0.1) is 12.3 Å². The Kier molecular flexibility index (Phi) is 8.06. The zero-order valence-electron chi connectivity index (χ0n) is 19.2. The topological polar surface area (TPSA) is 70.6 Å². The van der Waals surface area contributed by atoms with Crippen LogP contribution in [0.3, 0.4) is 0 Å². The van der Waals surface area contributed by atoms with Gasteiger partial charge < -0.3 is 15.0 Å². The largest absolute Gasteiger partial charge is 0.378 e. The van der Waals surface area contributed by atoms with E-state index in [4.69, 9.17) is 14.7 Å². The summed E-state index contributed by atoms with van der Waals surface area (Å²) in [5.41, 5.74) is 0.870. The van der Waals surface area contributed by atoms with Gasteiger partial charge in [0.1, 0.15) is 11.6 Å². The standard InChI is InChI=1S/C23H39N5O2/c1-23(2,3)22-25-20(16-30-4)15-21(26-22)28-13-11-27(12-14-28)10-9-18-5-7-19(8-6-18)24-17-29/h15,17-19H,5-14,16H2,1-4H3,(H,24,29)/t18-,19-. The highest BCUT2D eigenvalue weighted by Gasteiger charge is 2.25. The molecule has 1 aliphatic heterocycles. The third-order valence-electron chi connectivity index (χ3n) is 6.43. The average Bonchev–Trinajstić information content (AvgIpc) is 2.73. The zero-order chi connectivity index (χ0) is 21.6. The predicted octanol–water partition coefficient (Wildman–Crippen LogP) is 2.74. The van der Waals surface area contributed by atoms with Gasteiger partial charge in [-0.3, -0.25) is 9.69 Å². The van der Waals surface area contributed by atoms with Crippen LogP contribution in [-0.2, 0) is 21.6 Å². The first-order valence-electron chi connectivity index (χ1n) is 11.4. The van der Waals surface area contributed by atoms with Gasteiger partial charge in [-0.15, -0.1) is 0 Å². The Labute approximate surface area is 181 Å². The lowest BCUT2D eigenvalue weighted by molar-refractivity contribution is -0.110. The van der Waals surface area contributed by atoms with Crippen molar-refractivity contribution in [3.05, 3.63) is 17.6 Å². The van der Waals surface area contributed by atoms with E-state index in [1.54, 1.807) is 7.11 Å². The molecule has 2 heterocycles. The number of piperazine rings is 1. The lowest BCUT2D eigenvalue weighted by Gasteiger charge is -2.37. The normalized spacial score (nSPS) is 23.4. The van der Waals surface area contributed by atoms with E-state index in [0.717, 1.165) is 68.7 Å². The molecular weight excluding hydrogens is 378 g/mol. The molecule has 0 radical (unpaired) electrons. The van der Waals surface area contributed by atoms with Crippen molar-refractivity contribution in [2.24, 2.45) is 5.92 Å². The van der Waals surface area contributed by atoms with Gasteiger partial charge in [-0.2, -0.15) is 0 Å². The summed E-state index contributed by atoms with van der Waals surface area (Å²) < 4.78 is 5.33. The monoisotopic (exact) mass is 417 g/mol. The second-order valence-electron chi connectivity index (χ2n) is 9.84. The summed E-state index contributed by atoms with van der Waals surface area (Å²) in [6.07, 6.45) is 6.86. The number of hydrogen-bond donors (Lipinski definition) is 1. The second kappa shape index (κ2) is 10.5. The first-order chi connectivity index (χ1) is 14.4. The van der Waals surface area contributed by atoms with Gasteiger partial charge in [-0.25, -0.2) is 9.97 Å². The Morgan fingerprint density at radius 2 is 1.83 bits per heavy atom. The Morgan fingerprint density at radius 1 is 1.13 bits per heavy atom. The molecule has 2 aliphatic rings. The minimum absolute atomic E-state index is 0.0828. The highest BCUT2D eigenvalue weighted by atomic mass is 16.5. The van der Waals surface area contributed by atoms with Gasteiger partial charge >= 0.3 is 0 Å². The molecule has 0 spiro atoms. The first kappa shape index (κ1) is 22.9. The minimum atomic E-state index is -0.0828. The fourth-order valence-electron chi connectivity index (χ4n) is 4.48. The summed E-state index contributed by atoms with van der Waals surface area (Å²) >= 11 is 0. The summed E-state index contributed by atoms with van der Waals surface area (Å²) in [5.74, 6) is 2.72. The Balaban J connectivity index is 1.49. The van der Waals surface area contributed by atoms with Crippen LogP contribution in [-0.4, -0.2) is 67.2 Å². The molecule has 168 valence electrons. The molecular formula is C23H39N5O2. The van der Waals surface area contributed by atoms with E-state index in [1.807, 2.05) is 0 Å². The number of methoxy groups -OCH3 is 1. The van der Waals surface area contributed by atoms with Gasteiger partial charge in [-0.1, -0.05) is 20.8 Å². The van der Waals surface area contributed by atoms with Gasteiger partial charge in [0.25, 0.3) is 0 Å². The summed E-state index contributed by atoms with van der Waals surface area (Å²) in [4.78, 5) is 25.2. The van der Waals surface area contributed by atoms with Crippen LogP contribution in [0.25, 0.3) is 0 Å². The molecule has 1 aromatic heterocycles. The minimum Gasteiger partial charge on any atom is -0.378 e. The molecule has 7 nitrogen and oxygen atoms in total. The highest BCUT2D eigenvalue weighted by Crippen LogP contribution is 2.27. The maximum atomic E-state index is 10.6. The molecule has 3 rings (SSSR count). The van der Waals surface area contributed by atoms with Crippen molar-refractivity contribution in [2.75, 3.05) is 44.7 Å². The van der Waals surface area contributed by atoms with Gasteiger partial charge in [0.2, 0.25) is 6.41 Å². The van der Waals surface area contributed by atoms with Crippen molar-refractivity contribution in [1.82, 2.24) is 20.2 Å². The number of aromatic nitrogens is 2. The molecule has 1 saturated heterocycles. The number of carbonyl (C=O) groups is 1. The van der Waals surface area contributed by atoms with Crippen LogP contribution in [0.2, 0.25) is 0 Å². The molecule has 0 aromatic carbocycles. The van der Waals surface area contributed by atoms with Crippen LogP contribution in [0.4, 0.5) is 5.82 Å². The summed E-state index contributed by atoms with van der Waals surface area (Å²) in [5, 5.41) is 2.94. The second-order valence-corrected chi connectivity index (χ2v) is 9.84. The maximum absolute atomic E-state index is 10.6.